The molecule has 1 heterocycles. The molecule has 0 radical (unpaired) electrons. The van der Waals surface area contributed by atoms with E-state index >= 15 is 0 Å². The standard InChI is InChI=1S/C9H15N3OS/c1-6-2-3-7(4-6)12-8(5-13)10-11-9(12)14/h6-7,13H,2-5H2,1H3,(H,11,14). The van der Waals surface area contributed by atoms with E-state index in [0.29, 0.717) is 16.6 Å². The molecule has 2 rings (SSSR count). The van der Waals surface area contributed by atoms with Gasteiger partial charge in [0, 0.05) is 6.04 Å². The number of hydrogen-bond donors (Lipinski definition) is 2. The van der Waals surface area contributed by atoms with Crippen LogP contribution in [0.25, 0.3) is 0 Å². The summed E-state index contributed by atoms with van der Waals surface area (Å²) in [4.78, 5) is 0. The van der Waals surface area contributed by atoms with Crippen LogP contribution in [0.5, 0.6) is 0 Å². The highest BCUT2D eigenvalue weighted by Gasteiger charge is 2.25. The summed E-state index contributed by atoms with van der Waals surface area (Å²) in [7, 11) is 0. The molecule has 0 aliphatic heterocycles. The fraction of sp³-hybridized carbons (Fsp3) is 0.778. The summed E-state index contributed by atoms with van der Waals surface area (Å²) in [5.41, 5.74) is 0. The predicted octanol–water partition coefficient (Wildman–Crippen LogP) is 1.79. The number of aromatic amines is 1. The van der Waals surface area contributed by atoms with Crippen molar-refractivity contribution in [2.24, 2.45) is 5.92 Å². The Morgan fingerprint density at radius 1 is 1.64 bits per heavy atom. The SMILES string of the molecule is CC1CCC(n2c(CO)n[nH]c2=S)C1. The monoisotopic (exact) mass is 213 g/mol. The summed E-state index contributed by atoms with van der Waals surface area (Å²) in [6.07, 6.45) is 3.52. The van der Waals surface area contributed by atoms with Gasteiger partial charge in [-0.15, -0.1) is 0 Å². The van der Waals surface area contributed by atoms with Crippen molar-refractivity contribution in [3.8, 4) is 0 Å². The Morgan fingerprint density at radius 3 is 3.00 bits per heavy atom. The van der Waals surface area contributed by atoms with Crippen molar-refractivity contribution in [1.29, 1.82) is 0 Å². The van der Waals surface area contributed by atoms with Crippen LogP contribution in [0.1, 0.15) is 38.1 Å². The molecule has 0 aromatic carbocycles. The maximum Gasteiger partial charge on any atom is 0.195 e. The Kier molecular flexibility index (Phi) is 2.69. The summed E-state index contributed by atoms with van der Waals surface area (Å²) in [6, 6.07) is 0.429. The molecule has 5 heteroatoms. The van der Waals surface area contributed by atoms with Crippen LogP contribution in [0.4, 0.5) is 0 Å². The molecule has 1 aliphatic carbocycles. The fourth-order valence-electron chi connectivity index (χ4n) is 2.24. The molecule has 0 saturated heterocycles. The van der Waals surface area contributed by atoms with E-state index in [0.717, 1.165) is 18.8 Å². The van der Waals surface area contributed by atoms with Crippen LogP contribution in [0.3, 0.4) is 0 Å². The van der Waals surface area contributed by atoms with Gasteiger partial charge in [0.2, 0.25) is 0 Å². The van der Waals surface area contributed by atoms with Crippen molar-refractivity contribution < 1.29 is 5.11 Å². The van der Waals surface area contributed by atoms with E-state index < -0.39 is 0 Å². The molecule has 1 aromatic heterocycles. The first-order chi connectivity index (χ1) is 6.72. The lowest BCUT2D eigenvalue weighted by Gasteiger charge is -2.12. The third kappa shape index (κ3) is 1.62. The molecular weight excluding hydrogens is 198 g/mol. The normalized spacial score (nSPS) is 27.0. The second-order valence-electron chi connectivity index (χ2n) is 4.05. The van der Waals surface area contributed by atoms with E-state index in [1.165, 1.54) is 6.42 Å². The van der Waals surface area contributed by atoms with Crippen molar-refractivity contribution in [1.82, 2.24) is 14.8 Å². The van der Waals surface area contributed by atoms with E-state index in [9.17, 15) is 0 Å². The molecular formula is C9H15N3OS. The predicted molar refractivity (Wildman–Crippen MR) is 55.4 cm³/mol. The lowest BCUT2D eigenvalue weighted by atomic mass is 10.1. The summed E-state index contributed by atoms with van der Waals surface area (Å²) >= 11 is 5.15. The van der Waals surface area contributed by atoms with Crippen LogP contribution < -0.4 is 0 Å². The third-order valence-electron chi connectivity index (χ3n) is 2.95. The summed E-state index contributed by atoms with van der Waals surface area (Å²) in [5, 5.41) is 15.8. The van der Waals surface area contributed by atoms with Gasteiger partial charge >= 0.3 is 0 Å². The molecule has 1 fully saturated rings. The number of aliphatic hydroxyl groups is 1. The molecule has 2 atom stereocenters. The van der Waals surface area contributed by atoms with Crippen molar-refractivity contribution in [3.63, 3.8) is 0 Å². The van der Waals surface area contributed by atoms with Gasteiger partial charge in [-0.2, -0.15) is 5.10 Å². The smallest absolute Gasteiger partial charge is 0.195 e. The minimum absolute atomic E-state index is 0.0436. The summed E-state index contributed by atoms with van der Waals surface area (Å²) in [5.74, 6) is 1.41. The van der Waals surface area contributed by atoms with Gasteiger partial charge in [-0.05, 0) is 37.4 Å². The maximum absolute atomic E-state index is 9.11. The van der Waals surface area contributed by atoms with E-state index in [1.807, 2.05) is 4.57 Å². The number of nitrogens with zero attached hydrogens (tertiary/aromatic N) is 2. The second-order valence-corrected chi connectivity index (χ2v) is 4.43. The van der Waals surface area contributed by atoms with Gasteiger partial charge in [0.25, 0.3) is 0 Å². The van der Waals surface area contributed by atoms with Crippen molar-refractivity contribution in [2.45, 2.75) is 38.8 Å². The molecule has 1 saturated carbocycles. The molecule has 1 aliphatic rings. The Hall–Kier alpha value is -0.680. The van der Waals surface area contributed by atoms with E-state index in [2.05, 4.69) is 17.1 Å². The van der Waals surface area contributed by atoms with Gasteiger partial charge in [-0.3, -0.25) is 9.67 Å². The first kappa shape index (κ1) is 9.86. The number of nitrogens with one attached hydrogen (secondary N) is 1. The van der Waals surface area contributed by atoms with Gasteiger partial charge in [-0.25, -0.2) is 0 Å². The number of aromatic nitrogens is 3. The van der Waals surface area contributed by atoms with Crippen LogP contribution in [-0.2, 0) is 6.61 Å². The second kappa shape index (κ2) is 3.82. The zero-order valence-electron chi connectivity index (χ0n) is 8.23. The van der Waals surface area contributed by atoms with Gasteiger partial charge < -0.3 is 5.11 Å². The quantitative estimate of drug-likeness (QED) is 0.736. The van der Waals surface area contributed by atoms with Crippen molar-refractivity contribution >= 4 is 12.2 Å². The molecule has 0 amide bonds. The van der Waals surface area contributed by atoms with Gasteiger partial charge in [-0.1, -0.05) is 6.92 Å². The molecule has 78 valence electrons. The summed E-state index contributed by atoms with van der Waals surface area (Å²) in [6.45, 7) is 2.21. The average Bonchev–Trinajstić information content (AvgIpc) is 2.71. The lowest BCUT2D eigenvalue weighted by molar-refractivity contribution is 0.259. The fourth-order valence-corrected chi connectivity index (χ4v) is 2.54. The van der Waals surface area contributed by atoms with Gasteiger partial charge in [0.05, 0.1) is 0 Å². The Morgan fingerprint density at radius 2 is 2.43 bits per heavy atom. The van der Waals surface area contributed by atoms with Crippen LogP contribution in [0.15, 0.2) is 0 Å². The Balaban J connectivity index is 2.30. The molecule has 0 spiro atoms. The van der Waals surface area contributed by atoms with Crippen LogP contribution in [0.2, 0.25) is 0 Å². The zero-order chi connectivity index (χ0) is 10.1. The van der Waals surface area contributed by atoms with E-state index in [-0.39, 0.29) is 6.61 Å². The van der Waals surface area contributed by atoms with Crippen LogP contribution >= 0.6 is 12.2 Å². The lowest BCUT2D eigenvalue weighted by Crippen LogP contribution is -2.09. The number of H-pyrrole nitrogens is 1. The molecule has 4 nitrogen and oxygen atoms in total. The molecule has 2 N–H and O–H groups in total. The molecule has 0 bridgehead atoms. The number of hydrogen-bond acceptors (Lipinski definition) is 3. The maximum atomic E-state index is 9.11. The van der Waals surface area contributed by atoms with Crippen molar-refractivity contribution in [2.75, 3.05) is 0 Å². The van der Waals surface area contributed by atoms with Crippen LogP contribution in [-0.4, -0.2) is 19.9 Å². The first-order valence-electron chi connectivity index (χ1n) is 4.99. The number of aliphatic hydroxyl groups excluding tert-OH is 1. The minimum Gasteiger partial charge on any atom is -0.388 e. The largest absolute Gasteiger partial charge is 0.388 e. The highest BCUT2D eigenvalue weighted by molar-refractivity contribution is 7.71. The minimum atomic E-state index is -0.0436. The average molecular weight is 213 g/mol. The van der Waals surface area contributed by atoms with Gasteiger partial charge in [0.15, 0.2) is 10.6 Å². The molecule has 1 aromatic rings. The summed E-state index contributed by atoms with van der Waals surface area (Å²) < 4.78 is 2.60. The third-order valence-corrected chi connectivity index (χ3v) is 3.24. The topological polar surface area (TPSA) is 53.8 Å². The van der Waals surface area contributed by atoms with Crippen LogP contribution in [0, 0.1) is 10.7 Å². The number of rotatable bonds is 2. The highest BCUT2D eigenvalue weighted by Crippen LogP contribution is 2.34. The Bertz CT molecular complexity index is 370. The molecule has 14 heavy (non-hydrogen) atoms. The van der Waals surface area contributed by atoms with Gasteiger partial charge in [0.1, 0.15) is 6.61 Å². The first-order valence-corrected chi connectivity index (χ1v) is 5.40. The van der Waals surface area contributed by atoms with E-state index in [4.69, 9.17) is 17.3 Å². The molecule has 2 unspecified atom stereocenters. The Labute approximate surface area is 88.0 Å². The van der Waals surface area contributed by atoms with Crippen molar-refractivity contribution in [3.05, 3.63) is 10.6 Å². The van der Waals surface area contributed by atoms with E-state index in [1.54, 1.807) is 0 Å². The zero-order valence-corrected chi connectivity index (χ0v) is 9.05. The highest BCUT2D eigenvalue weighted by atomic mass is 32.1.